The van der Waals surface area contributed by atoms with E-state index in [4.69, 9.17) is 16.3 Å². The molecule has 4 rings (SSSR count). The molecule has 2 aliphatic rings. The van der Waals surface area contributed by atoms with Crippen LogP contribution in [0.3, 0.4) is 0 Å². The molecule has 0 radical (unpaired) electrons. The van der Waals surface area contributed by atoms with Crippen LogP contribution in [0.2, 0.25) is 5.02 Å². The van der Waals surface area contributed by atoms with E-state index in [1.807, 2.05) is 24.3 Å². The summed E-state index contributed by atoms with van der Waals surface area (Å²) in [7, 11) is 1.54. The van der Waals surface area contributed by atoms with Gasteiger partial charge in [0.25, 0.3) is 5.91 Å². The first-order chi connectivity index (χ1) is 16.0. The number of hydrogen-bond acceptors (Lipinski definition) is 4. The van der Waals surface area contributed by atoms with Crippen molar-refractivity contribution in [2.75, 3.05) is 30.8 Å². The van der Waals surface area contributed by atoms with Gasteiger partial charge in [0.2, 0.25) is 5.91 Å². The van der Waals surface area contributed by atoms with Crippen molar-refractivity contribution in [3.8, 4) is 5.75 Å². The molecule has 6 nitrogen and oxygen atoms in total. The molecule has 0 spiro atoms. The lowest BCUT2D eigenvalue weighted by atomic mass is 9.95. The van der Waals surface area contributed by atoms with Crippen molar-refractivity contribution in [1.29, 1.82) is 0 Å². The minimum atomic E-state index is -0.116. The first-order valence-electron chi connectivity index (χ1n) is 11.8. The van der Waals surface area contributed by atoms with E-state index in [0.29, 0.717) is 48.3 Å². The summed E-state index contributed by atoms with van der Waals surface area (Å²) in [5.41, 5.74) is 2.36. The van der Waals surface area contributed by atoms with Gasteiger partial charge in [-0.15, -0.1) is 0 Å². The van der Waals surface area contributed by atoms with E-state index in [2.05, 4.69) is 10.6 Å². The Morgan fingerprint density at radius 2 is 1.61 bits per heavy atom. The number of likely N-dealkylation sites (tertiary alicyclic amines) is 1. The number of carbonyl (C=O) groups is 2. The van der Waals surface area contributed by atoms with Crippen LogP contribution in [0.15, 0.2) is 42.5 Å². The van der Waals surface area contributed by atoms with E-state index in [0.717, 1.165) is 11.4 Å². The van der Waals surface area contributed by atoms with Crippen molar-refractivity contribution in [2.24, 2.45) is 5.92 Å². The molecular weight excluding hydrogens is 438 g/mol. The third-order valence-electron chi connectivity index (χ3n) is 6.67. The fraction of sp³-hybridized carbons (Fsp3) is 0.462. The lowest BCUT2D eigenvalue weighted by Gasteiger charge is -2.31. The van der Waals surface area contributed by atoms with E-state index in [1.165, 1.54) is 39.2 Å². The number of carbonyl (C=O) groups excluding carboxylic acids is 2. The molecule has 0 atom stereocenters. The number of rotatable bonds is 6. The smallest absolute Gasteiger partial charge is 0.257 e. The van der Waals surface area contributed by atoms with Gasteiger partial charge in [-0.3, -0.25) is 9.59 Å². The molecule has 2 amide bonds. The zero-order valence-electron chi connectivity index (χ0n) is 19.1. The van der Waals surface area contributed by atoms with E-state index in [1.54, 1.807) is 23.1 Å². The minimum Gasteiger partial charge on any atom is -0.496 e. The van der Waals surface area contributed by atoms with Crippen LogP contribution in [-0.4, -0.2) is 43.0 Å². The first-order valence-corrected chi connectivity index (χ1v) is 12.2. The largest absolute Gasteiger partial charge is 0.496 e. The minimum absolute atomic E-state index is 0.00965. The molecule has 1 aliphatic carbocycles. The molecule has 1 saturated carbocycles. The molecule has 0 aromatic heterocycles. The highest BCUT2D eigenvalue weighted by molar-refractivity contribution is 6.31. The van der Waals surface area contributed by atoms with Crippen molar-refractivity contribution >= 4 is 34.8 Å². The summed E-state index contributed by atoms with van der Waals surface area (Å²) in [5.74, 6) is 0.283. The van der Waals surface area contributed by atoms with Crippen LogP contribution in [0.25, 0.3) is 0 Å². The maximum absolute atomic E-state index is 13.0. The monoisotopic (exact) mass is 469 g/mol. The molecule has 176 valence electrons. The zero-order chi connectivity index (χ0) is 23.2. The predicted molar refractivity (Wildman–Crippen MR) is 132 cm³/mol. The summed E-state index contributed by atoms with van der Waals surface area (Å²) in [6.45, 7) is 1.05. The summed E-state index contributed by atoms with van der Waals surface area (Å²) in [6, 6.07) is 13.6. The van der Waals surface area contributed by atoms with Crippen molar-refractivity contribution in [3.63, 3.8) is 0 Å². The number of anilines is 2. The summed E-state index contributed by atoms with van der Waals surface area (Å²) in [5, 5.41) is 7.13. The molecule has 1 heterocycles. The van der Waals surface area contributed by atoms with E-state index < -0.39 is 0 Å². The lowest BCUT2D eigenvalue weighted by molar-refractivity contribution is -0.121. The fourth-order valence-electron chi connectivity index (χ4n) is 4.74. The molecular formula is C26H32ClN3O3. The maximum atomic E-state index is 13.0. The average molecular weight is 470 g/mol. The molecule has 2 aromatic carbocycles. The van der Waals surface area contributed by atoms with Gasteiger partial charge in [0.1, 0.15) is 5.75 Å². The Morgan fingerprint density at radius 1 is 0.939 bits per heavy atom. The summed E-state index contributed by atoms with van der Waals surface area (Å²) in [6.07, 6.45) is 7.63. The molecule has 2 N–H and O–H groups in total. The highest BCUT2D eigenvalue weighted by Gasteiger charge is 2.29. The number of ether oxygens (including phenoxy) is 1. The molecule has 0 bridgehead atoms. The highest BCUT2D eigenvalue weighted by atomic mass is 35.5. The van der Waals surface area contributed by atoms with Crippen LogP contribution in [-0.2, 0) is 4.79 Å². The van der Waals surface area contributed by atoms with Crippen LogP contribution in [0.1, 0.15) is 55.3 Å². The molecule has 1 aliphatic heterocycles. The molecule has 7 heteroatoms. The van der Waals surface area contributed by atoms with Gasteiger partial charge >= 0.3 is 0 Å². The van der Waals surface area contributed by atoms with Crippen LogP contribution < -0.4 is 15.4 Å². The van der Waals surface area contributed by atoms with Gasteiger partial charge in [0, 0.05) is 41.4 Å². The second-order valence-corrected chi connectivity index (χ2v) is 9.39. The molecule has 2 aromatic rings. The van der Waals surface area contributed by atoms with Gasteiger partial charge in [-0.05, 0) is 68.1 Å². The van der Waals surface area contributed by atoms with E-state index in [-0.39, 0.29) is 17.7 Å². The van der Waals surface area contributed by atoms with E-state index >= 15 is 0 Å². The molecule has 2 fully saturated rings. The Labute approximate surface area is 200 Å². The van der Waals surface area contributed by atoms with Gasteiger partial charge in [-0.25, -0.2) is 0 Å². The predicted octanol–water partition coefficient (Wildman–Crippen LogP) is 5.58. The van der Waals surface area contributed by atoms with Gasteiger partial charge in [-0.2, -0.15) is 0 Å². The number of amides is 2. The number of hydrogen-bond donors (Lipinski definition) is 2. The molecule has 1 saturated heterocycles. The summed E-state index contributed by atoms with van der Waals surface area (Å²) in [4.78, 5) is 27.5. The summed E-state index contributed by atoms with van der Waals surface area (Å²) >= 11 is 6.07. The van der Waals surface area contributed by atoms with Crippen LogP contribution >= 0.6 is 11.6 Å². The van der Waals surface area contributed by atoms with E-state index in [9.17, 15) is 9.59 Å². The molecule has 33 heavy (non-hydrogen) atoms. The number of nitrogens with one attached hydrogen (secondary N) is 2. The Bertz CT molecular complexity index is 965. The normalized spacial score (nSPS) is 17.5. The molecule has 0 unspecified atom stereocenters. The van der Waals surface area contributed by atoms with Crippen molar-refractivity contribution in [3.05, 3.63) is 53.1 Å². The first kappa shape index (κ1) is 23.4. The van der Waals surface area contributed by atoms with Crippen molar-refractivity contribution < 1.29 is 14.3 Å². The van der Waals surface area contributed by atoms with Gasteiger partial charge < -0.3 is 20.3 Å². The Morgan fingerprint density at radius 3 is 2.27 bits per heavy atom. The maximum Gasteiger partial charge on any atom is 0.257 e. The van der Waals surface area contributed by atoms with Crippen molar-refractivity contribution in [1.82, 2.24) is 4.90 Å². The third kappa shape index (κ3) is 5.99. The van der Waals surface area contributed by atoms with Gasteiger partial charge in [0.15, 0.2) is 0 Å². The number of methoxy groups -OCH3 is 1. The Hall–Kier alpha value is -2.73. The second kappa shape index (κ2) is 10.9. The summed E-state index contributed by atoms with van der Waals surface area (Å²) < 4.78 is 5.31. The van der Waals surface area contributed by atoms with Gasteiger partial charge in [0.05, 0.1) is 12.7 Å². The third-order valence-corrected chi connectivity index (χ3v) is 6.91. The number of halogens is 1. The van der Waals surface area contributed by atoms with Crippen LogP contribution in [0.5, 0.6) is 5.75 Å². The highest BCUT2D eigenvalue weighted by Crippen LogP contribution is 2.27. The van der Waals surface area contributed by atoms with Crippen molar-refractivity contribution in [2.45, 2.75) is 51.0 Å². The quantitative estimate of drug-likeness (QED) is 0.579. The number of piperidine rings is 1. The average Bonchev–Trinajstić information content (AvgIpc) is 2.85. The Kier molecular flexibility index (Phi) is 7.76. The van der Waals surface area contributed by atoms with Crippen LogP contribution in [0.4, 0.5) is 11.4 Å². The fourth-order valence-corrected chi connectivity index (χ4v) is 4.91. The van der Waals surface area contributed by atoms with Gasteiger partial charge in [-0.1, -0.05) is 30.9 Å². The zero-order valence-corrected chi connectivity index (χ0v) is 19.9. The lowest BCUT2D eigenvalue weighted by Crippen LogP contribution is -2.41. The standard InChI is InChI=1S/C26H32ClN3O3/c1-33-24-12-7-19(27)17-23(24)26(32)30-15-13-18(14-16-30)25(31)29-22-10-8-21(9-11-22)28-20-5-3-2-4-6-20/h7-12,17-18,20,28H,2-6,13-16H2,1H3,(H,29,31). The number of benzene rings is 2. The SMILES string of the molecule is COc1ccc(Cl)cc1C(=O)N1CCC(C(=O)Nc2ccc(NC3CCCCC3)cc2)CC1. The number of nitrogens with zero attached hydrogens (tertiary/aromatic N) is 1. The van der Waals surface area contributed by atoms with Crippen LogP contribution in [0, 0.1) is 5.92 Å². The topological polar surface area (TPSA) is 70.7 Å². The second-order valence-electron chi connectivity index (χ2n) is 8.96. The Balaban J connectivity index is 1.28.